The number of aryl methyl sites for hydroxylation is 2. The van der Waals surface area contributed by atoms with Gasteiger partial charge in [-0.25, -0.2) is 0 Å². The van der Waals surface area contributed by atoms with Crippen molar-refractivity contribution in [2.45, 2.75) is 25.7 Å². The molecule has 0 saturated carbocycles. The van der Waals surface area contributed by atoms with Crippen molar-refractivity contribution in [3.05, 3.63) is 70.8 Å². The molecule has 0 radical (unpaired) electrons. The molecule has 0 spiro atoms. The molecule has 0 aliphatic heterocycles. The molecule has 0 aromatic heterocycles. The maximum absolute atomic E-state index is 12.6. The van der Waals surface area contributed by atoms with E-state index >= 15 is 0 Å². The summed E-state index contributed by atoms with van der Waals surface area (Å²) in [6.07, 6.45) is 1.98. The SMILES string of the molecule is Cc1cccc(C(=O)C2CCc3ccccc32)c1. The van der Waals surface area contributed by atoms with Gasteiger partial charge in [-0.3, -0.25) is 4.79 Å². The maximum Gasteiger partial charge on any atom is 0.170 e. The standard InChI is InChI=1S/C17H16O/c1-12-5-4-7-14(11-12)17(18)16-10-9-13-6-2-3-8-15(13)16/h2-8,11,16H,9-10H2,1H3. The molecule has 90 valence electrons. The minimum atomic E-state index is 0.0583. The monoisotopic (exact) mass is 236 g/mol. The highest BCUT2D eigenvalue weighted by Crippen LogP contribution is 2.35. The average molecular weight is 236 g/mol. The van der Waals surface area contributed by atoms with E-state index < -0.39 is 0 Å². The van der Waals surface area contributed by atoms with E-state index in [1.165, 1.54) is 11.1 Å². The molecular weight excluding hydrogens is 220 g/mol. The molecule has 1 heteroatoms. The number of carbonyl (C=O) groups is 1. The van der Waals surface area contributed by atoms with Gasteiger partial charge in [0.05, 0.1) is 0 Å². The van der Waals surface area contributed by atoms with Crippen LogP contribution in [0.15, 0.2) is 48.5 Å². The molecule has 0 heterocycles. The molecule has 0 fully saturated rings. The van der Waals surface area contributed by atoms with Crippen LogP contribution in [0.1, 0.15) is 39.4 Å². The fourth-order valence-corrected chi connectivity index (χ4v) is 2.83. The van der Waals surface area contributed by atoms with E-state index in [0.29, 0.717) is 0 Å². The molecule has 0 saturated heterocycles. The van der Waals surface area contributed by atoms with E-state index in [-0.39, 0.29) is 11.7 Å². The van der Waals surface area contributed by atoms with Crippen molar-refractivity contribution in [2.24, 2.45) is 0 Å². The van der Waals surface area contributed by atoms with E-state index in [4.69, 9.17) is 0 Å². The molecule has 3 rings (SSSR count). The Labute approximate surface area is 107 Å². The Morgan fingerprint density at radius 2 is 1.94 bits per heavy atom. The van der Waals surface area contributed by atoms with Crippen molar-refractivity contribution in [3.8, 4) is 0 Å². The Hall–Kier alpha value is -1.89. The van der Waals surface area contributed by atoms with Gasteiger partial charge in [0.1, 0.15) is 0 Å². The summed E-state index contributed by atoms with van der Waals surface area (Å²) in [5.41, 5.74) is 4.55. The quantitative estimate of drug-likeness (QED) is 0.722. The first-order chi connectivity index (χ1) is 8.75. The lowest BCUT2D eigenvalue weighted by Gasteiger charge is -2.10. The molecule has 2 aromatic rings. The van der Waals surface area contributed by atoms with Gasteiger partial charge in [-0.1, -0.05) is 48.0 Å². The van der Waals surface area contributed by atoms with Crippen molar-refractivity contribution >= 4 is 5.78 Å². The first-order valence-corrected chi connectivity index (χ1v) is 6.44. The predicted molar refractivity (Wildman–Crippen MR) is 73.0 cm³/mol. The number of hydrogen-bond acceptors (Lipinski definition) is 1. The Bertz CT molecular complexity index is 598. The van der Waals surface area contributed by atoms with Crippen molar-refractivity contribution in [2.75, 3.05) is 0 Å². The van der Waals surface area contributed by atoms with Crippen LogP contribution in [0, 0.1) is 6.92 Å². The summed E-state index contributed by atoms with van der Waals surface area (Å²) >= 11 is 0. The summed E-state index contributed by atoms with van der Waals surface area (Å²) in [7, 11) is 0. The first-order valence-electron chi connectivity index (χ1n) is 6.44. The van der Waals surface area contributed by atoms with E-state index in [1.54, 1.807) is 0 Å². The number of Topliss-reactive ketones (excluding diaryl/α,β-unsaturated/α-hetero) is 1. The van der Waals surface area contributed by atoms with Crippen LogP contribution in [0.5, 0.6) is 0 Å². The Kier molecular flexibility index (Phi) is 2.75. The predicted octanol–water partition coefficient (Wildman–Crippen LogP) is 3.91. The second-order valence-corrected chi connectivity index (χ2v) is 5.02. The minimum Gasteiger partial charge on any atom is -0.293 e. The van der Waals surface area contributed by atoms with Crippen molar-refractivity contribution in [1.29, 1.82) is 0 Å². The zero-order valence-corrected chi connectivity index (χ0v) is 10.5. The summed E-state index contributed by atoms with van der Waals surface area (Å²) in [5, 5.41) is 0. The number of rotatable bonds is 2. The average Bonchev–Trinajstić information content (AvgIpc) is 2.82. The third-order valence-electron chi connectivity index (χ3n) is 3.75. The lowest BCUT2D eigenvalue weighted by atomic mass is 9.92. The van der Waals surface area contributed by atoms with Crippen LogP contribution >= 0.6 is 0 Å². The van der Waals surface area contributed by atoms with Crippen LogP contribution < -0.4 is 0 Å². The first kappa shape index (κ1) is 11.2. The van der Waals surface area contributed by atoms with Gasteiger partial charge in [0.25, 0.3) is 0 Å². The highest BCUT2D eigenvalue weighted by Gasteiger charge is 2.28. The molecule has 1 nitrogen and oxygen atoms in total. The van der Waals surface area contributed by atoms with Gasteiger partial charge in [0.2, 0.25) is 0 Å². The molecule has 1 aliphatic rings. The molecule has 1 atom stereocenters. The number of ketones is 1. The third-order valence-corrected chi connectivity index (χ3v) is 3.75. The lowest BCUT2D eigenvalue weighted by molar-refractivity contribution is 0.0959. The van der Waals surface area contributed by atoms with Gasteiger partial charge >= 0.3 is 0 Å². The highest BCUT2D eigenvalue weighted by molar-refractivity contribution is 6.01. The molecule has 1 unspecified atom stereocenters. The molecule has 2 aromatic carbocycles. The Balaban J connectivity index is 1.96. The normalized spacial score (nSPS) is 17.5. The zero-order valence-electron chi connectivity index (χ0n) is 10.5. The molecular formula is C17H16O. The van der Waals surface area contributed by atoms with Gasteiger partial charge in [-0.05, 0) is 37.0 Å². The van der Waals surface area contributed by atoms with Gasteiger partial charge in [0.15, 0.2) is 5.78 Å². The molecule has 0 N–H and O–H groups in total. The van der Waals surface area contributed by atoms with Crippen molar-refractivity contribution < 1.29 is 4.79 Å². The fourth-order valence-electron chi connectivity index (χ4n) is 2.83. The van der Waals surface area contributed by atoms with Crippen LogP contribution in [0.3, 0.4) is 0 Å². The Morgan fingerprint density at radius 3 is 2.78 bits per heavy atom. The third kappa shape index (κ3) is 1.86. The smallest absolute Gasteiger partial charge is 0.170 e. The van der Waals surface area contributed by atoms with Crippen LogP contribution in [0.25, 0.3) is 0 Å². The van der Waals surface area contributed by atoms with Crippen LogP contribution in [0.2, 0.25) is 0 Å². The number of fused-ring (bicyclic) bond motifs is 1. The molecule has 0 bridgehead atoms. The molecule has 1 aliphatic carbocycles. The van der Waals surface area contributed by atoms with Gasteiger partial charge in [0, 0.05) is 11.5 Å². The number of benzene rings is 2. The van der Waals surface area contributed by atoms with Crippen molar-refractivity contribution in [1.82, 2.24) is 0 Å². The van der Waals surface area contributed by atoms with Gasteiger partial charge in [-0.15, -0.1) is 0 Å². The van der Waals surface area contributed by atoms with Crippen LogP contribution in [0.4, 0.5) is 0 Å². The van der Waals surface area contributed by atoms with Crippen molar-refractivity contribution in [3.63, 3.8) is 0 Å². The lowest BCUT2D eigenvalue weighted by Crippen LogP contribution is -2.10. The summed E-state index contributed by atoms with van der Waals surface area (Å²) < 4.78 is 0. The van der Waals surface area contributed by atoms with Gasteiger partial charge < -0.3 is 0 Å². The number of hydrogen-bond donors (Lipinski definition) is 0. The second-order valence-electron chi connectivity index (χ2n) is 5.02. The summed E-state index contributed by atoms with van der Waals surface area (Å²) in [5.74, 6) is 0.326. The van der Waals surface area contributed by atoms with Gasteiger partial charge in [-0.2, -0.15) is 0 Å². The zero-order chi connectivity index (χ0) is 12.5. The molecule has 18 heavy (non-hydrogen) atoms. The van der Waals surface area contributed by atoms with E-state index in [2.05, 4.69) is 18.2 Å². The van der Waals surface area contributed by atoms with Crippen LogP contribution in [-0.2, 0) is 6.42 Å². The molecule has 0 amide bonds. The summed E-state index contributed by atoms with van der Waals surface area (Å²) in [6, 6.07) is 16.2. The van der Waals surface area contributed by atoms with Crippen LogP contribution in [-0.4, -0.2) is 5.78 Å². The maximum atomic E-state index is 12.6. The van der Waals surface area contributed by atoms with E-state index in [1.807, 2.05) is 37.3 Å². The Morgan fingerprint density at radius 1 is 1.11 bits per heavy atom. The highest BCUT2D eigenvalue weighted by atomic mass is 16.1. The topological polar surface area (TPSA) is 17.1 Å². The van der Waals surface area contributed by atoms with E-state index in [9.17, 15) is 4.79 Å². The number of carbonyl (C=O) groups excluding carboxylic acids is 1. The second kappa shape index (κ2) is 4.41. The largest absolute Gasteiger partial charge is 0.293 e. The fraction of sp³-hybridized carbons (Fsp3) is 0.235. The summed E-state index contributed by atoms with van der Waals surface area (Å²) in [6.45, 7) is 2.03. The summed E-state index contributed by atoms with van der Waals surface area (Å²) in [4.78, 5) is 12.6. The van der Waals surface area contributed by atoms with E-state index in [0.717, 1.165) is 24.0 Å². The minimum absolute atomic E-state index is 0.0583.